The van der Waals surface area contributed by atoms with E-state index in [-0.39, 0.29) is 17.5 Å². The number of benzene rings is 1. The summed E-state index contributed by atoms with van der Waals surface area (Å²) in [6, 6.07) is 3.03. The molecule has 0 aliphatic heterocycles. The smallest absolute Gasteiger partial charge is 0.169 e. The van der Waals surface area contributed by atoms with Gasteiger partial charge in [-0.15, -0.1) is 0 Å². The minimum atomic E-state index is -0.111. The Morgan fingerprint density at radius 2 is 2.00 bits per heavy atom. The Morgan fingerprint density at radius 1 is 1.40 bits per heavy atom. The highest BCUT2D eigenvalue weighted by Crippen LogP contribution is 2.29. The molecule has 0 saturated carbocycles. The van der Waals surface area contributed by atoms with Crippen molar-refractivity contribution >= 4 is 5.78 Å². The van der Waals surface area contributed by atoms with E-state index in [4.69, 9.17) is 4.74 Å². The average Bonchev–Trinajstić information content (AvgIpc) is 2.15. The number of hydrogen-bond donors (Lipinski definition) is 1. The van der Waals surface area contributed by atoms with Crippen molar-refractivity contribution in [3.8, 4) is 11.5 Å². The van der Waals surface area contributed by atoms with Crippen molar-refractivity contribution in [1.29, 1.82) is 0 Å². The van der Waals surface area contributed by atoms with Crippen LogP contribution in [0.3, 0.4) is 0 Å². The summed E-state index contributed by atoms with van der Waals surface area (Å²) < 4.78 is 5.17. The van der Waals surface area contributed by atoms with Gasteiger partial charge in [-0.2, -0.15) is 0 Å². The van der Waals surface area contributed by atoms with Crippen LogP contribution >= 0.6 is 0 Å². The molecule has 0 spiro atoms. The number of aryl methyl sites for hydroxylation is 1. The van der Waals surface area contributed by atoms with Crippen LogP contribution in [-0.4, -0.2) is 18.0 Å². The van der Waals surface area contributed by atoms with Crippen LogP contribution in [0.2, 0.25) is 0 Å². The molecule has 1 aromatic carbocycles. The predicted octanol–water partition coefficient (Wildman–Crippen LogP) is 2.55. The first-order valence-corrected chi connectivity index (χ1v) is 4.89. The maximum Gasteiger partial charge on any atom is 0.169 e. The van der Waals surface area contributed by atoms with Crippen LogP contribution in [0.1, 0.15) is 29.8 Å². The lowest BCUT2D eigenvalue weighted by atomic mass is 9.98. The van der Waals surface area contributed by atoms with E-state index >= 15 is 0 Å². The standard InChI is InChI=1S/C12H16O3/c1-7(2)11(14)10-6-9(13)5-8(3)12(10)15-4/h5-7,13H,1-4H3. The topological polar surface area (TPSA) is 46.5 Å². The van der Waals surface area contributed by atoms with Crippen molar-refractivity contribution in [1.82, 2.24) is 0 Å². The van der Waals surface area contributed by atoms with Gasteiger partial charge in [-0.05, 0) is 24.6 Å². The van der Waals surface area contributed by atoms with Crippen LogP contribution in [0.25, 0.3) is 0 Å². The molecule has 1 aromatic rings. The maximum absolute atomic E-state index is 11.8. The van der Waals surface area contributed by atoms with Crippen molar-refractivity contribution in [2.75, 3.05) is 7.11 Å². The van der Waals surface area contributed by atoms with E-state index < -0.39 is 0 Å². The highest BCUT2D eigenvalue weighted by molar-refractivity contribution is 6.00. The Bertz CT molecular complexity index is 381. The summed E-state index contributed by atoms with van der Waals surface area (Å²) in [7, 11) is 1.52. The molecule has 0 amide bonds. The molecule has 0 fully saturated rings. The van der Waals surface area contributed by atoms with E-state index in [9.17, 15) is 9.90 Å². The van der Waals surface area contributed by atoms with Crippen LogP contribution in [0.5, 0.6) is 11.5 Å². The number of ketones is 1. The van der Waals surface area contributed by atoms with Crippen LogP contribution in [0.4, 0.5) is 0 Å². The largest absolute Gasteiger partial charge is 0.508 e. The third kappa shape index (κ3) is 2.29. The Kier molecular flexibility index (Phi) is 3.35. The van der Waals surface area contributed by atoms with Gasteiger partial charge in [0.15, 0.2) is 5.78 Å². The molecule has 3 heteroatoms. The lowest BCUT2D eigenvalue weighted by Gasteiger charge is -2.12. The summed E-state index contributed by atoms with van der Waals surface area (Å²) in [5.41, 5.74) is 1.21. The first-order chi connectivity index (χ1) is 6.97. The van der Waals surface area contributed by atoms with Crippen molar-refractivity contribution in [2.45, 2.75) is 20.8 Å². The number of phenolic OH excluding ortho intramolecular Hbond substituents is 1. The van der Waals surface area contributed by atoms with E-state index in [2.05, 4.69) is 0 Å². The fourth-order valence-electron chi connectivity index (χ4n) is 1.52. The van der Waals surface area contributed by atoms with Crippen molar-refractivity contribution in [2.24, 2.45) is 5.92 Å². The van der Waals surface area contributed by atoms with Crippen molar-refractivity contribution in [3.63, 3.8) is 0 Å². The zero-order valence-corrected chi connectivity index (χ0v) is 9.50. The minimum absolute atomic E-state index is 0.0224. The monoisotopic (exact) mass is 208 g/mol. The van der Waals surface area contributed by atoms with E-state index in [0.29, 0.717) is 11.3 Å². The number of Topliss-reactive ketones (excluding diaryl/α,β-unsaturated/α-hetero) is 1. The Morgan fingerprint density at radius 3 is 2.47 bits per heavy atom. The second-order valence-electron chi connectivity index (χ2n) is 3.86. The van der Waals surface area contributed by atoms with Gasteiger partial charge >= 0.3 is 0 Å². The van der Waals surface area contributed by atoms with Gasteiger partial charge in [-0.25, -0.2) is 0 Å². The van der Waals surface area contributed by atoms with Gasteiger partial charge < -0.3 is 9.84 Å². The second-order valence-corrected chi connectivity index (χ2v) is 3.86. The molecule has 3 nitrogen and oxygen atoms in total. The zero-order chi connectivity index (χ0) is 11.6. The molecule has 0 atom stereocenters. The molecule has 0 saturated heterocycles. The SMILES string of the molecule is COc1c(C)cc(O)cc1C(=O)C(C)C. The third-order valence-corrected chi connectivity index (χ3v) is 2.25. The molecule has 15 heavy (non-hydrogen) atoms. The number of ether oxygens (including phenoxy) is 1. The summed E-state index contributed by atoms with van der Waals surface area (Å²) in [4.78, 5) is 11.8. The third-order valence-electron chi connectivity index (χ3n) is 2.25. The Hall–Kier alpha value is -1.51. The number of phenols is 1. The predicted molar refractivity (Wildman–Crippen MR) is 58.6 cm³/mol. The normalized spacial score (nSPS) is 10.5. The fourth-order valence-corrected chi connectivity index (χ4v) is 1.52. The average molecular weight is 208 g/mol. The Balaban J connectivity index is 3.32. The van der Waals surface area contributed by atoms with Crippen LogP contribution in [0.15, 0.2) is 12.1 Å². The molecule has 0 aliphatic carbocycles. The lowest BCUT2D eigenvalue weighted by Crippen LogP contribution is -2.09. The minimum Gasteiger partial charge on any atom is -0.508 e. The maximum atomic E-state index is 11.8. The van der Waals surface area contributed by atoms with Gasteiger partial charge in [0.1, 0.15) is 11.5 Å². The summed E-state index contributed by atoms with van der Waals surface area (Å²) >= 11 is 0. The van der Waals surface area contributed by atoms with Gasteiger partial charge in [0.2, 0.25) is 0 Å². The molecule has 82 valence electrons. The summed E-state index contributed by atoms with van der Waals surface area (Å²) in [5, 5.41) is 9.44. The van der Waals surface area contributed by atoms with Crippen molar-refractivity contribution in [3.05, 3.63) is 23.3 Å². The lowest BCUT2D eigenvalue weighted by molar-refractivity contribution is 0.0935. The summed E-state index contributed by atoms with van der Waals surface area (Å²) in [6.45, 7) is 5.44. The van der Waals surface area contributed by atoms with Crippen molar-refractivity contribution < 1.29 is 14.6 Å². The van der Waals surface area contributed by atoms with Crippen LogP contribution in [-0.2, 0) is 0 Å². The van der Waals surface area contributed by atoms with E-state index in [1.54, 1.807) is 13.0 Å². The fraction of sp³-hybridized carbons (Fsp3) is 0.417. The highest BCUT2D eigenvalue weighted by Gasteiger charge is 2.18. The van der Waals surface area contributed by atoms with Crippen LogP contribution in [0, 0.1) is 12.8 Å². The number of hydrogen-bond acceptors (Lipinski definition) is 3. The Labute approximate surface area is 89.7 Å². The van der Waals surface area contributed by atoms with E-state index in [1.165, 1.54) is 13.2 Å². The molecule has 0 heterocycles. The zero-order valence-electron chi connectivity index (χ0n) is 9.50. The number of methoxy groups -OCH3 is 1. The summed E-state index contributed by atoms with van der Waals surface area (Å²) in [6.07, 6.45) is 0. The summed E-state index contributed by atoms with van der Waals surface area (Å²) in [5.74, 6) is 0.509. The first-order valence-electron chi connectivity index (χ1n) is 4.89. The number of carbonyl (C=O) groups excluding carboxylic acids is 1. The highest BCUT2D eigenvalue weighted by atomic mass is 16.5. The molecular formula is C12H16O3. The number of carbonyl (C=O) groups is 1. The molecular weight excluding hydrogens is 192 g/mol. The van der Waals surface area contributed by atoms with Gasteiger partial charge in [0.05, 0.1) is 12.7 Å². The molecule has 0 radical (unpaired) electrons. The molecule has 1 rings (SSSR count). The van der Waals surface area contributed by atoms with Gasteiger partial charge in [0.25, 0.3) is 0 Å². The van der Waals surface area contributed by atoms with Crippen LogP contribution < -0.4 is 4.74 Å². The molecule has 0 bridgehead atoms. The van der Waals surface area contributed by atoms with Gasteiger partial charge in [-0.1, -0.05) is 13.8 Å². The second kappa shape index (κ2) is 4.34. The van der Waals surface area contributed by atoms with E-state index in [0.717, 1.165) is 5.56 Å². The van der Waals surface area contributed by atoms with Gasteiger partial charge in [-0.3, -0.25) is 4.79 Å². The quantitative estimate of drug-likeness (QED) is 0.776. The first kappa shape index (κ1) is 11.6. The molecule has 1 N–H and O–H groups in total. The molecule has 0 aromatic heterocycles. The molecule has 0 aliphatic rings. The van der Waals surface area contributed by atoms with E-state index in [1.807, 2.05) is 13.8 Å². The number of aromatic hydroxyl groups is 1. The molecule has 0 unspecified atom stereocenters. The number of rotatable bonds is 3. The van der Waals surface area contributed by atoms with Gasteiger partial charge in [0, 0.05) is 5.92 Å².